The van der Waals surface area contributed by atoms with Crippen molar-refractivity contribution in [2.45, 2.75) is 46.3 Å². The van der Waals surface area contributed by atoms with Crippen LogP contribution in [0.5, 0.6) is 0 Å². The molecule has 5 nitrogen and oxygen atoms in total. The van der Waals surface area contributed by atoms with E-state index in [2.05, 4.69) is 48.1 Å². The highest BCUT2D eigenvalue weighted by atomic mass is 16.2. The molecule has 0 aliphatic rings. The van der Waals surface area contributed by atoms with Crippen LogP contribution in [0.1, 0.15) is 37.1 Å². The number of carbonyl (C=O) groups is 1. The molecule has 0 unspecified atom stereocenters. The van der Waals surface area contributed by atoms with Crippen LogP contribution < -0.4 is 0 Å². The number of aryl methyl sites for hydroxylation is 2. The van der Waals surface area contributed by atoms with Crippen molar-refractivity contribution in [3.05, 3.63) is 59.9 Å². The highest BCUT2D eigenvalue weighted by Gasteiger charge is 2.14. The van der Waals surface area contributed by atoms with Crippen LogP contribution in [0, 0.1) is 0 Å². The van der Waals surface area contributed by atoms with E-state index in [1.807, 2.05) is 6.92 Å². The summed E-state index contributed by atoms with van der Waals surface area (Å²) >= 11 is 0. The Balaban J connectivity index is 2.17. The topological polar surface area (TPSA) is 51.0 Å². The van der Waals surface area contributed by atoms with Crippen LogP contribution in [0.4, 0.5) is 0 Å². The molecule has 0 aliphatic heterocycles. The maximum Gasteiger partial charge on any atom is 0.246 e. The molecule has 5 heteroatoms. The molecule has 0 aliphatic carbocycles. The van der Waals surface area contributed by atoms with Gasteiger partial charge in [-0.1, -0.05) is 49.4 Å². The quantitative estimate of drug-likeness (QED) is 0.704. The molecule has 1 heterocycles. The van der Waals surface area contributed by atoms with Crippen LogP contribution in [0.2, 0.25) is 0 Å². The summed E-state index contributed by atoms with van der Waals surface area (Å²) < 4.78 is 1.80. The van der Waals surface area contributed by atoms with Crippen molar-refractivity contribution in [3.63, 3.8) is 0 Å². The van der Waals surface area contributed by atoms with Gasteiger partial charge in [0.1, 0.15) is 0 Å². The van der Waals surface area contributed by atoms with E-state index >= 15 is 0 Å². The molecule has 2 aromatic rings. The fourth-order valence-electron chi connectivity index (χ4n) is 2.60. The van der Waals surface area contributed by atoms with Crippen molar-refractivity contribution in [1.82, 2.24) is 19.9 Å². The summed E-state index contributed by atoms with van der Waals surface area (Å²) in [5.41, 5.74) is 3.35. The molecule has 0 saturated heterocycles. The van der Waals surface area contributed by atoms with E-state index in [1.165, 1.54) is 11.6 Å². The Hall–Kier alpha value is -2.43. The predicted octanol–water partition coefficient (Wildman–Crippen LogP) is 2.97. The number of hydrogen-bond donors (Lipinski definition) is 0. The van der Waals surface area contributed by atoms with Gasteiger partial charge in [-0.15, -0.1) is 5.10 Å². The first-order valence-corrected chi connectivity index (χ1v) is 8.04. The first kappa shape index (κ1) is 16.9. The van der Waals surface area contributed by atoms with Crippen LogP contribution in [0.15, 0.2) is 43.1 Å². The van der Waals surface area contributed by atoms with Gasteiger partial charge in [0.2, 0.25) is 5.91 Å². The lowest BCUT2D eigenvalue weighted by atomic mass is 10.1. The molecule has 1 aromatic heterocycles. The molecule has 0 N–H and O–H groups in total. The van der Waals surface area contributed by atoms with Gasteiger partial charge in [0.15, 0.2) is 0 Å². The van der Waals surface area contributed by atoms with E-state index in [4.69, 9.17) is 0 Å². The first-order chi connectivity index (χ1) is 11.2. The van der Waals surface area contributed by atoms with Gasteiger partial charge < -0.3 is 4.90 Å². The smallest absolute Gasteiger partial charge is 0.246 e. The number of amides is 1. The van der Waals surface area contributed by atoms with Gasteiger partial charge in [-0.05, 0) is 30.5 Å². The third kappa shape index (κ3) is 4.52. The minimum absolute atomic E-state index is 0.0882. The number of nitrogens with zero attached hydrogens (tertiary/aromatic N) is 4. The van der Waals surface area contributed by atoms with Crippen LogP contribution in [0.25, 0.3) is 0 Å². The molecule has 0 fully saturated rings. The molecule has 0 radical (unpaired) electrons. The Bertz CT molecular complexity index is 663. The largest absolute Gasteiger partial charge is 0.329 e. The summed E-state index contributed by atoms with van der Waals surface area (Å²) in [6, 6.07) is 8.40. The number of hydrogen-bond acceptors (Lipinski definition) is 3. The summed E-state index contributed by atoms with van der Waals surface area (Å²) in [5, 5.41) is 7.95. The molecule has 1 amide bonds. The number of carbonyl (C=O) groups excluding carboxylic acids is 1. The second-order valence-electron chi connectivity index (χ2n) is 5.51. The van der Waals surface area contributed by atoms with Gasteiger partial charge in [0, 0.05) is 13.1 Å². The van der Waals surface area contributed by atoms with E-state index in [9.17, 15) is 4.79 Å². The average Bonchev–Trinajstić information content (AvgIpc) is 3.01. The Morgan fingerprint density at radius 3 is 2.78 bits per heavy atom. The molecule has 0 spiro atoms. The maximum atomic E-state index is 12.2. The third-order valence-corrected chi connectivity index (χ3v) is 3.74. The third-order valence-electron chi connectivity index (χ3n) is 3.74. The number of aromatic nitrogens is 3. The number of rotatable bonds is 8. The maximum absolute atomic E-state index is 12.2. The SMILES string of the molecule is C=CC(=O)N(Cc1cccc(CCC)c1)Cc1cnnn1CC. The molecule has 1 aromatic carbocycles. The van der Waals surface area contributed by atoms with E-state index in [1.54, 1.807) is 15.8 Å². The van der Waals surface area contributed by atoms with E-state index in [0.717, 1.165) is 30.6 Å². The van der Waals surface area contributed by atoms with Gasteiger partial charge in [-0.3, -0.25) is 4.79 Å². The van der Waals surface area contributed by atoms with Crippen molar-refractivity contribution in [2.75, 3.05) is 0 Å². The fraction of sp³-hybridized carbons (Fsp3) is 0.389. The van der Waals surface area contributed by atoms with Gasteiger partial charge >= 0.3 is 0 Å². The summed E-state index contributed by atoms with van der Waals surface area (Å²) in [4.78, 5) is 14.0. The lowest BCUT2D eigenvalue weighted by Crippen LogP contribution is -2.29. The fourth-order valence-corrected chi connectivity index (χ4v) is 2.60. The minimum atomic E-state index is -0.0882. The van der Waals surface area contributed by atoms with Crippen LogP contribution >= 0.6 is 0 Å². The van der Waals surface area contributed by atoms with Crippen molar-refractivity contribution in [3.8, 4) is 0 Å². The Morgan fingerprint density at radius 2 is 2.09 bits per heavy atom. The number of benzene rings is 1. The zero-order valence-electron chi connectivity index (χ0n) is 13.9. The van der Waals surface area contributed by atoms with Gasteiger partial charge in [0.05, 0.1) is 18.4 Å². The highest BCUT2D eigenvalue weighted by Crippen LogP contribution is 2.13. The van der Waals surface area contributed by atoms with Crippen molar-refractivity contribution in [1.29, 1.82) is 0 Å². The summed E-state index contributed by atoms with van der Waals surface area (Å²) in [6.45, 7) is 9.55. The van der Waals surface area contributed by atoms with Crippen LogP contribution in [0.3, 0.4) is 0 Å². The van der Waals surface area contributed by atoms with E-state index < -0.39 is 0 Å². The van der Waals surface area contributed by atoms with Crippen molar-refractivity contribution in [2.24, 2.45) is 0 Å². The highest BCUT2D eigenvalue weighted by molar-refractivity contribution is 5.86. The van der Waals surface area contributed by atoms with Crippen molar-refractivity contribution >= 4 is 5.91 Å². The lowest BCUT2D eigenvalue weighted by molar-refractivity contribution is -0.127. The van der Waals surface area contributed by atoms with Crippen molar-refractivity contribution < 1.29 is 4.79 Å². The van der Waals surface area contributed by atoms with Gasteiger partial charge in [-0.2, -0.15) is 0 Å². The second kappa shape index (κ2) is 8.27. The summed E-state index contributed by atoms with van der Waals surface area (Å²) in [7, 11) is 0. The lowest BCUT2D eigenvalue weighted by Gasteiger charge is -2.21. The van der Waals surface area contributed by atoms with Crippen LogP contribution in [-0.2, 0) is 30.8 Å². The first-order valence-electron chi connectivity index (χ1n) is 8.04. The van der Waals surface area contributed by atoms with E-state index in [0.29, 0.717) is 13.1 Å². The Morgan fingerprint density at radius 1 is 1.30 bits per heavy atom. The zero-order valence-corrected chi connectivity index (χ0v) is 13.9. The Kier molecular flexibility index (Phi) is 6.09. The molecule has 2 rings (SSSR count). The summed E-state index contributed by atoms with van der Waals surface area (Å²) in [5.74, 6) is -0.0882. The molecule has 122 valence electrons. The Labute approximate surface area is 137 Å². The standard InChI is InChI=1S/C18H24N4O/c1-4-8-15-9-7-10-16(11-15)13-21(18(23)5-2)14-17-12-19-20-22(17)6-3/h5,7,9-12H,2,4,6,8,13-14H2,1,3H3. The monoisotopic (exact) mass is 312 g/mol. The zero-order chi connectivity index (χ0) is 16.7. The molecular weight excluding hydrogens is 288 g/mol. The summed E-state index contributed by atoms with van der Waals surface area (Å²) in [6.07, 6.45) is 5.23. The van der Waals surface area contributed by atoms with E-state index in [-0.39, 0.29) is 5.91 Å². The molecular formula is C18H24N4O. The molecule has 0 saturated carbocycles. The normalized spacial score (nSPS) is 10.5. The minimum Gasteiger partial charge on any atom is -0.329 e. The average molecular weight is 312 g/mol. The molecule has 0 bridgehead atoms. The van der Waals surface area contributed by atoms with Gasteiger partial charge in [0.25, 0.3) is 0 Å². The van der Waals surface area contributed by atoms with Gasteiger partial charge in [-0.25, -0.2) is 4.68 Å². The van der Waals surface area contributed by atoms with Crippen LogP contribution in [-0.4, -0.2) is 25.8 Å². The molecule has 0 atom stereocenters. The second-order valence-corrected chi connectivity index (χ2v) is 5.51. The molecule has 23 heavy (non-hydrogen) atoms. The predicted molar refractivity (Wildman–Crippen MR) is 90.6 cm³/mol.